The first-order valence-corrected chi connectivity index (χ1v) is 8.23. The van der Waals surface area contributed by atoms with Crippen molar-refractivity contribution in [2.75, 3.05) is 13.1 Å². The fourth-order valence-corrected chi connectivity index (χ4v) is 3.60. The Balaban J connectivity index is 1.45. The highest BCUT2D eigenvalue weighted by Crippen LogP contribution is 2.39. The summed E-state index contributed by atoms with van der Waals surface area (Å²) in [5.41, 5.74) is 0. The van der Waals surface area contributed by atoms with Crippen LogP contribution in [-0.4, -0.2) is 58.1 Å². The second-order valence-electron chi connectivity index (χ2n) is 6.76. The summed E-state index contributed by atoms with van der Waals surface area (Å²) < 4.78 is 5.75. The first-order chi connectivity index (χ1) is 11.1. The molecule has 1 aromatic heterocycles. The van der Waals surface area contributed by atoms with Crippen LogP contribution in [0.5, 0.6) is 0 Å². The van der Waals surface area contributed by atoms with Crippen molar-refractivity contribution in [1.29, 1.82) is 0 Å². The van der Waals surface area contributed by atoms with Crippen molar-refractivity contribution < 1.29 is 14.0 Å². The van der Waals surface area contributed by atoms with Crippen molar-refractivity contribution in [3.05, 3.63) is 11.8 Å². The molecule has 23 heavy (non-hydrogen) atoms. The molecule has 2 aliphatic heterocycles. The van der Waals surface area contributed by atoms with Crippen LogP contribution in [0.3, 0.4) is 0 Å². The van der Waals surface area contributed by atoms with Crippen LogP contribution in [0, 0.1) is 0 Å². The van der Waals surface area contributed by atoms with Crippen LogP contribution in [0.1, 0.15) is 43.9 Å². The number of nitrogens with one attached hydrogen (secondary N) is 2. The number of aromatic nitrogens is 2. The molecule has 124 valence electrons. The molecule has 3 atom stereocenters. The number of amides is 2. The third-order valence-corrected chi connectivity index (χ3v) is 4.85. The minimum atomic E-state index is -0.184. The van der Waals surface area contributed by atoms with Gasteiger partial charge in [0.15, 0.2) is 0 Å². The van der Waals surface area contributed by atoms with Crippen LogP contribution in [0.15, 0.2) is 4.42 Å². The summed E-state index contributed by atoms with van der Waals surface area (Å²) in [7, 11) is 0. The summed E-state index contributed by atoms with van der Waals surface area (Å²) >= 11 is 0. The molecule has 0 bridgehead atoms. The zero-order valence-electron chi connectivity index (χ0n) is 13.1. The van der Waals surface area contributed by atoms with E-state index in [0.29, 0.717) is 37.7 Å². The van der Waals surface area contributed by atoms with Gasteiger partial charge in [0.2, 0.25) is 23.6 Å². The minimum absolute atomic E-state index is 0.0218. The van der Waals surface area contributed by atoms with Gasteiger partial charge in [0, 0.05) is 44.4 Å². The lowest BCUT2D eigenvalue weighted by molar-refractivity contribution is -0.129. The first-order valence-electron chi connectivity index (χ1n) is 8.23. The number of rotatable bonds is 4. The topological polar surface area (TPSA) is 100 Å². The Morgan fingerprint density at radius 1 is 1.43 bits per heavy atom. The van der Waals surface area contributed by atoms with Gasteiger partial charge in [0.25, 0.3) is 0 Å². The molecule has 4 rings (SSSR count). The number of hydrogen-bond acceptors (Lipinski definition) is 6. The lowest BCUT2D eigenvalue weighted by Crippen LogP contribution is -2.58. The maximum absolute atomic E-state index is 12.1. The molecule has 0 radical (unpaired) electrons. The summed E-state index contributed by atoms with van der Waals surface area (Å²) in [4.78, 5) is 25.5. The van der Waals surface area contributed by atoms with E-state index in [-0.39, 0.29) is 29.9 Å². The molecule has 1 saturated carbocycles. The predicted octanol–water partition coefficient (Wildman–Crippen LogP) is -0.433. The van der Waals surface area contributed by atoms with Gasteiger partial charge in [-0.3, -0.25) is 14.5 Å². The summed E-state index contributed by atoms with van der Waals surface area (Å²) in [5, 5.41) is 14.1. The van der Waals surface area contributed by atoms with Crippen LogP contribution in [-0.2, 0) is 16.0 Å². The smallest absolute Gasteiger partial charge is 0.237 e. The summed E-state index contributed by atoms with van der Waals surface area (Å²) in [6, 6.07) is -0.0334. The lowest BCUT2D eigenvalue weighted by atomic mass is 10.1. The van der Waals surface area contributed by atoms with E-state index in [9.17, 15) is 9.59 Å². The number of carbonyl (C=O) groups is 2. The molecule has 2 saturated heterocycles. The normalized spacial score (nSPS) is 30.8. The van der Waals surface area contributed by atoms with E-state index in [1.54, 1.807) is 0 Å². The molecule has 3 heterocycles. The summed E-state index contributed by atoms with van der Waals surface area (Å²) in [6.45, 7) is 2.77. The van der Waals surface area contributed by atoms with Crippen LogP contribution in [0.25, 0.3) is 0 Å². The zero-order valence-corrected chi connectivity index (χ0v) is 13.1. The highest BCUT2D eigenvalue weighted by atomic mass is 16.4. The second-order valence-corrected chi connectivity index (χ2v) is 6.76. The maximum Gasteiger partial charge on any atom is 0.237 e. The largest absolute Gasteiger partial charge is 0.425 e. The zero-order chi connectivity index (χ0) is 16.0. The molecule has 0 aromatic carbocycles. The fourth-order valence-electron chi connectivity index (χ4n) is 3.60. The van der Waals surface area contributed by atoms with E-state index in [1.165, 1.54) is 6.92 Å². The molecule has 3 fully saturated rings. The quantitative estimate of drug-likeness (QED) is 0.781. The number of hydrogen-bond donors (Lipinski definition) is 2. The van der Waals surface area contributed by atoms with Gasteiger partial charge in [-0.25, -0.2) is 0 Å². The molecule has 2 N–H and O–H groups in total. The third-order valence-electron chi connectivity index (χ3n) is 4.85. The van der Waals surface area contributed by atoms with Gasteiger partial charge < -0.3 is 15.1 Å². The minimum Gasteiger partial charge on any atom is -0.425 e. The van der Waals surface area contributed by atoms with E-state index in [2.05, 4.69) is 25.7 Å². The SMILES string of the molecule is CC(=O)N[C@H]1C[C@H]2C(=O)NC[C@@H](Cc3nnc(C4CC4)o3)N2C1. The van der Waals surface area contributed by atoms with E-state index in [4.69, 9.17) is 4.42 Å². The highest BCUT2D eigenvalue weighted by Gasteiger charge is 2.44. The Morgan fingerprint density at radius 3 is 3.00 bits per heavy atom. The Kier molecular flexibility index (Phi) is 3.56. The van der Waals surface area contributed by atoms with E-state index < -0.39 is 0 Å². The van der Waals surface area contributed by atoms with Crippen molar-refractivity contribution in [3.8, 4) is 0 Å². The first kappa shape index (κ1) is 14.6. The number of carbonyl (C=O) groups excluding carboxylic acids is 2. The maximum atomic E-state index is 12.1. The molecular formula is C15H21N5O3. The van der Waals surface area contributed by atoms with Crippen molar-refractivity contribution >= 4 is 11.8 Å². The van der Waals surface area contributed by atoms with Crippen LogP contribution in [0.4, 0.5) is 0 Å². The van der Waals surface area contributed by atoms with Crippen molar-refractivity contribution in [3.63, 3.8) is 0 Å². The molecule has 8 heteroatoms. The van der Waals surface area contributed by atoms with E-state index in [1.807, 2.05) is 0 Å². The highest BCUT2D eigenvalue weighted by molar-refractivity contribution is 5.83. The van der Waals surface area contributed by atoms with Gasteiger partial charge in [-0.2, -0.15) is 0 Å². The number of piperazine rings is 1. The van der Waals surface area contributed by atoms with Crippen molar-refractivity contribution in [1.82, 2.24) is 25.7 Å². The van der Waals surface area contributed by atoms with Gasteiger partial charge in [-0.1, -0.05) is 0 Å². The Morgan fingerprint density at radius 2 is 2.26 bits per heavy atom. The molecule has 1 aliphatic carbocycles. The van der Waals surface area contributed by atoms with Gasteiger partial charge in [0.1, 0.15) is 0 Å². The Labute approximate surface area is 134 Å². The summed E-state index contributed by atoms with van der Waals surface area (Å²) in [6.07, 6.45) is 3.55. The number of fused-ring (bicyclic) bond motifs is 1. The molecule has 0 unspecified atom stereocenters. The lowest BCUT2D eigenvalue weighted by Gasteiger charge is -2.36. The third kappa shape index (κ3) is 2.95. The van der Waals surface area contributed by atoms with E-state index in [0.717, 1.165) is 18.7 Å². The standard InChI is InChI=1S/C15H21N5O3/c1-8(21)17-10-4-12-14(22)16-6-11(20(12)7-10)5-13-18-19-15(23-13)9-2-3-9/h9-12H,2-7H2,1H3,(H,16,22)(H,17,21)/t10-,11+,12-/m0/s1. The summed E-state index contributed by atoms with van der Waals surface area (Å²) in [5.74, 6) is 1.81. The van der Waals surface area contributed by atoms with Gasteiger partial charge in [-0.05, 0) is 19.3 Å². The molecular weight excluding hydrogens is 298 g/mol. The number of nitrogens with zero attached hydrogens (tertiary/aromatic N) is 3. The monoisotopic (exact) mass is 319 g/mol. The van der Waals surface area contributed by atoms with Gasteiger partial charge in [0.05, 0.1) is 6.04 Å². The van der Waals surface area contributed by atoms with Crippen molar-refractivity contribution in [2.24, 2.45) is 0 Å². The Hall–Kier alpha value is -1.96. The molecule has 1 aromatic rings. The Bertz CT molecular complexity index is 626. The van der Waals surface area contributed by atoms with Crippen LogP contribution >= 0.6 is 0 Å². The molecule has 3 aliphatic rings. The van der Waals surface area contributed by atoms with Gasteiger partial charge >= 0.3 is 0 Å². The molecule has 2 amide bonds. The average molecular weight is 319 g/mol. The average Bonchev–Trinajstić information content (AvgIpc) is 3.09. The van der Waals surface area contributed by atoms with Crippen LogP contribution < -0.4 is 10.6 Å². The molecule has 0 spiro atoms. The fraction of sp³-hybridized carbons (Fsp3) is 0.733. The van der Waals surface area contributed by atoms with Crippen LogP contribution in [0.2, 0.25) is 0 Å². The second kappa shape index (κ2) is 5.59. The van der Waals surface area contributed by atoms with Gasteiger partial charge in [-0.15, -0.1) is 10.2 Å². The predicted molar refractivity (Wildman–Crippen MR) is 79.5 cm³/mol. The molecule has 8 nitrogen and oxygen atoms in total. The van der Waals surface area contributed by atoms with Crippen molar-refractivity contribution in [2.45, 2.75) is 56.7 Å². The van der Waals surface area contributed by atoms with E-state index >= 15 is 0 Å².